The smallest absolute Gasteiger partial charge is 0.416 e. The minimum absolute atomic E-state index is 0.131. The maximum Gasteiger partial charge on any atom is 0.416 e. The van der Waals surface area contributed by atoms with Crippen LogP contribution in [-0.4, -0.2) is 25.5 Å². The highest BCUT2D eigenvalue weighted by molar-refractivity contribution is 6.13. The van der Waals surface area contributed by atoms with Gasteiger partial charge in [-0.1, -0.05) is 12.1 Å². The van der Waals surface area contributed by atoms with E-state index in [4.69, 9.17) is 4.74 Å². The van der Waals surface area contributed by atoms with Crippen molar-refractivity contribution in [1.29, 1.82) is 0 Å². The summed E-state index contributed by atoms with van der Waals surface area (Å²) in [6, 6.07) is 11.2. The van der Waals surface area contributed by atoms with Crippen molar-refractivity contribution in [1.82, 2.24) is 0 Å². The third-order valence-corrected chi connectivity index (χ3v) is 4.34. The second kappa shape index (κ2) is 7.30. The Balaban J connectivity index is 1.74. The molecule has 2 amide bonds. The van der Waals surface area contributed by atoms with Gasteiger partial charge in [-0.05, 0) is 36.8 Å². The standard InChI is InChI=1S/C19H17F3N2O3/c1-27-15-7-3-5-13(11-15)23-17(25)16-8-9-24(18(16)26)14-6-2-4-12(10-14)19(20,21)22/h2-7,10-11,16H,8-9H2,1H3,(H,23,25)/t16-/m0/s1. The highest BCUT2D eigenvalue weighted by atomic mass is 19.4. The van der Waals surface area contributed by atoms with E-state index >= 15 is 0 Å². The third-order valence-electron chi connectivity index (χ3n) is 4.34. The molecule has 8 heteroatoms. The Morgan fingerprint density at radius 3 is 2.63 bits per heavy atom. The number of rotatable bonds is 4. The molecule has 2 aromatic rings. The fourth-order valence-corrected chi connectivity index (χ4v) is 2.96. The first-order chi connectivity index (χ1) is 12.8. The molecule has 1 aliphatic heterocycles. The van der Waals surface area contributed by atoms with E-state index in [1.165, 1.54) is 24.1 Å². The number of ether oxygens (including phenoxy) is 1. The number of hydrogen-bond acceptors (Lipinski definition) is 3. The van der Waals surface area contributed by atoms with Crippen LogP contribution in [0.5, 0.6) is 5.75 Å². The molecule has 0 aromatic heterocycles. The van der Waals surface area contributed by atoms with Crippen molar-refractivity contribution in [3.05, 3.63) is 54.1 Å². The maximum atomic E-state index is 12.9. The highest BCUT2D eigenvalue weighted by Crippen LogP contribution is 2.33. The van der Waals surface area contributed by atoms with Crippen LogP contribution in [0, 0.1) is 5.92 Å². The summed E-state index contributed by atoms with van der Waals surface area (Å²) < 4.78 is 43.7. The van der Waals surface area contributed by atoms with Crippen LogP contribution < -0.4 is 15.0 Å². The number of carbonyl (C=O) groups excluding carboxylic acids is 2. The first kappa shape index (κ1) is 18.8. The van der Waals surface area contributed by atoms with Crippen molar-refractivity contribution in [3.8, 4) is 5.75 Å². The van der Waals surface area contributed by atoms with Gasteiger partial charge in [-0.3, -0.25) is 9.59 Å². The van der Waals surface area contributed by atoms with Gasteiger partial charge in [0.25, 0.3) is 0 Å². The quantitative estimate of drug-likeness (QED) is 0.826. The molecule has 1 fully saturated rings. The van der Waals surface area contributed by atoms with Crippen LogP contribution in [0.25, 0.3) is 0 Å². The van der Waals surface area contributed by atoms with E-state index in [0.29, 0.717) is 11.4 Å². The largest absolute Gasteiger partial charge is 0.497 e. The van der Waals surface area contributed by atoms with Crippen LogP contribution in [0.15, 0.2) is 48.5 Å². The average molecular weight is 378 g/mol. The number of nitrogens with zero attached hydrogens (tertiary/aromatic N) is 1. The molecule has 0 unspecified atom stereocenters. The Kier molecular flexibility index (Phi) is 5.07. The lowest BCUT2D eigenvalue weighted by Gasteiger charge is -2.18. The van der Waals surface area contributed by atoms with E-state index < -0.39 is 29.5 Å². The summed E-state index contributed by atoms with van der Waals surface area (Å²) in [4.78, 5) is 26.2. The van der Waals surface area contributed by atoms with Gasteiger partial charge < -0.3 is 15.0 Å². The molecule has 2 aromatic carbocycles. The number of benzene rings is 2. The summed E-state index contributed by atoms with van der Waals surface area (Å²) in [7, 11) is 1.49. The zero-order valence-corrected chi connectivity index (χ0v) is 14.4. The Morgan fingerprint density at radius 1 is 1.19 bits per heavy atom. The molecular weight excluding hydrogens is 361 g/mol. The molecule has 0 spiro atoms. The molecule has 1 aliphatic rings. The lowest BCUT2D eigenvalue weighted by Crippen LogP contribution is -2.33. The van der Waals surface area contributed by atoms with Crippen LogP contribution in [0.1, 0.15) is 12.0 Å². The minimum atomic E-state index is -4.50. The van der Waals surface area contributed by atoms with Gasteiger partial charge in [0.2, 0.25) is 11.8 Å². The number of nitrogens with one attached hydrogen (secondary N) is 1. The molecule has 1 N–H and O–H groups in total. The maximum absolute atomic E-state index is 12.9. The average Bonchev–Trinajstić information content (AvgIpc) is 3.03. The van der Waals surface area contributed by atoms with Crippen molar-refractivity contribution >= 4 is 23.2 Å². The molecule has 0 saturated carbocycles. The van der Waals surface area contributed by atoms with Crippen molar-refractivity contribution in [3.63, 3.8) is 0 Å². The fraction of sp³-hybridized carbons (Fsp3) is 0.263. The molecule has 0 radical (unpaired) electrons. The second-order valence-corrected chi connectivity index (χ2v) is 6.10. The number of alkyl halides is 3. The SMILES string of the molecule is COc1cccc(NC(=O)[C@@H]2CCN(c3cccc(C(F)(F)F)c3)C2=O)c1. The summed E-state index contributed by atoms with van der Waals surface area (Å²) in [6.07, 6.45) is -4.27. The Morgan fingerprint density at radius 2 is 1.93 bits per heavy atom. The normalized spacial score (nSPS) is 17.1. The number of hydrogen-bond donors (Lipinski definition) is 1. The van der Waals surface area contributed by atoms with E-state index in [0.717, 1.165) is 12.1 Å². The Hall–Kier alpha value is -3.03. The van der Waals surface area contributed by atoms with Gasteiger partial charge in [-0.2, -0.15) is 13.2 Å². The lowest BCUT2D eigenvalue weighted by molar-refractivity contribution is -0.137. The molecule has 27 heavy (non-hydrogen) atoms. The predicted octanol–water partition coefficient (Wildman–Crippen LogP) is 3.71. The molecule has 5 nitrogen and oxygen atoms in total. The fourth-order valence-electron chi connectivity index (χ4n) is 2.96. The van der Waals surface area contributed by atoms with E-state index in [-0.39, 0.29) is 18.7 Å². The van der Waals surface area contributed by atoms with Gasteiger partial charge >= 0.3 is 6.18 Å². The molecule has 1 heterocycles. The second-order valence-electron chi connectivity index (χ2n) is 6.10. The molecule has 1 saturated heterocycles. The van der Waals surface area contributed by atoms with Crippen LogP contribution in [0.4, 0.5) is 24.5 Å². The highest BCUT2D eigenvalue weighted by Gasteiger charge is 2.38. The lowest BCUT2D eigenvalue weighted by atomic mass is 10.1. The summed E-state index contributed by atoms with van der Waals surface area (Å²) in [6.45, 7) is 0.177. The minimum Gasteiger partial charge on any atom is -0.497 e. The molecular formula is C19H17F3N2O3. The number of carbonyl (C=O) groups is 2. The molecule has 0 aliphatic carbocycles. The topological polar surface area (TPSA) is 58.6 Å². The number of methoxy groups -OCH3 is 1. The Bertz CT molecular complexity index is 867. The van der Waals surface area contributed by atoms with E-state index in [1.54, 1.807) is 24.3 Å². The van der Waals surface area contributed by atoms with Gasteiger partial charge in [-0.15, -0.1) is 0 Å². The van der Waals surface area contributed by atoms with Gasteiger partial charge in [0.05, 0.1) is 12.7 Å². The first-order valence-corrected chi connectivity index (χ1v) is 8.23. The first-order valence-electron chi connectivity index (χ1n) is 8.23. The molecule has 0 bridgehead atoms. The summed E-state index contributed by atoms with van der Waals surface area (Å²) >= 11 is 0. The van der Waals surface area contributed by atoms with E-state index in [2.05, 4.69) is 5.32 Å². The number of halogens is 3. The van der Waals surface area contributed by atoms with Gasteiger partial charge in [0.15, 0.2) is 0 Å². The van der Waals surface area contributed by atoms with Crippen molar-refractivity contribution < 1.29 is 27.5 Å². The predicted molar refractivity (Wildman–Crippen MR) is 93.5 cm³/mol. The van der Waals surface area contributed by atoms with Crippen LogP contribution >= 0.6 is 0 Å². The van der Waals surface area contributed by atoms with E-state index in [1.807, 2.05) is 0 Å². The van der Waals surface area contributed by atoms with Gasteiger partial charge in [0.1, 0.15) is 11.7 Å². The summed E-state index contributed by atoms with van der Waals surface area (Å²) in [5, 5.41) is 2.65. The van der Waals surface area contributed by atoms with Crippen LogP contribution in [0.3, 0.4) is 0 Å². The van der Waals surface area contributed by atoms with Crippen molar-refractivity contribution in [2.75, 3.05) is 23.9 Å². The van der Waals surface area contributed by atoms with Crippen LogP contribution in [-0.2, 0) is 15.8 Å². The third kappa shape index (κ3) is 4.05. The van der Waals surface area contributed by atoms with Crippen molar-refractivity contribution in [2.24, 2.45) is 5.92 Å². The van der Waals surface area contributed by atoms with Gasteiger partial charge in [0, 0.05) is 24.0 Å². The molecule has 3 rings (SSSR count). The zero-order chi connectivity index (χ0) is 19.6. The monoisotopic (exact) mass is 378 g/mol. The molecule has 1 atom stereocenters. The molecule has 142 valence electrons. The summed E-state index contributed by atoms with van der Waals surface area (Å²) in [5.74, 6) is -1.42. The Labute approximate surface area is 153 Å². The number of amides is 2. The van der Waals surface area contributed by atoms with E-state index in [9.17, 15) is 22.8 Å². The van der Waals surface area contributed by atoms with Gasteiger partial charge in [-0.25, -0.2) is 0 Å². The summed E-state index contributed by atoms with van der Waals surface area (Å²) in [5.41, 5.74) is -0.228. The number of anilines is 2. The van der Waals surface area contributed by atoms with Crippen LogP contribution in [0.2, 0.25) is 0 Å². The van der Waals surface area contributed by atoms with Crippen molar-refractivity contribution in [2.45, 2.75) is 12.6 Å². The zero-order valence-electron chi connectivity index (χ0n) is 14.4.